The highest BCUT2D eigenvalue weighted by Crippen LogP contribution is 2.31. The van der Waals surface area contributed by atoms with Gasteiger partial charge in [-0.3, -0.25) is 0 Å². The predicted molar refractivity (Wildman–Crippen MR) is 48.1 cm³/mol. The summed E-state index contributed by atoms with van der Waals surface area (Å²) in [7, 11) is 0. The first-order chi connectivity index (χ1) is 7.11. The van der Waals surface area contributed by atoms with Crippen molar-refractivity contribution in [3.8, 4) is 0 Å². The lowest BCUT2D eigenvalue weighted by Crippen LogP contribution is -1.97. The smallest absolute Gasteiger partial charge is 0.336 e. The van der Waals surface area contributed by atoms with Gasteiger partial charge in [-0.05, 0) is 12.1 Å². The third-order valence-electron chi connectivity index (χ3n) is 2.09. The highest BCUT2D eigenvalue weighted by molar-refractivity contribution is 6.03. The van der Waals surface area contributed by atoms with E-state index in [9.17, 15) is 13.6 Å². The molecule has 0 saturated heterocycles. The van der Waals surface area contributed by atoms with E-state index in [2.05, 4.69) is 0 Å². The molecule has 0 aliphatic carbocycles. The van der Waals surface area contributed by atoms with Crippen molar-refractivity contribution in [2.75, 3.05) is 0 Å². The average molecular weight is 212 g/mol. The van der Waals surface area contributed by atoms with Crippen LogP contribution in [0, 0.1) is 0 Å². The van der Waals surface area contributed by atoms with Crippen molar-refractivity contribution in [1.29, 1.82) is 0 Å². The van der Waals surface area contributed by atoms with Crippen molar-refractivity contribution < 1.29 is 23.1 Å². The zero-order valence-corrected chi connectivity index (χ0v) is 7.41. The number of benzene rings is 1. The van der Waals surface area contributed by atoms with Gasteiger partial charge in [0.25, 0.3) is 6.43 Å². The Morgan fingerprint density at radius 2 is 2.13 bits per heavy atom. The highest BCUT2D eigenvalue weighted by Gasteiger charge is 2.20. The lowest BCUT2D eigenvalue weighted by Gasteiger charge is -1.99. The first-order valence-corrected chi connectivity index (χ1v) is 4.13. The Hall–Kier alpha value is -1.91. The van der Waals surface area contributed by atoms with Gasteiger partial charge in [0.2, 0.25) is 0 Å². The maximum atomic E-state index is 12.5. The normalized spacial score (nSPS) is 11.1. The minimum Gasteiger partial charge on any atom is -0.478 e. The van der Waals surface area contributed by atoms with Crippen LogP contribution in [0.25, 0.3) is 11.0 Å². The van der Waals surface area contributed by atoms with Crippen molar-refractivity contribution in [1.82, 2.24) is 0 Å². The second-order valence-corrected chi connectivity index (χ2v) is 2.98. The summed E-state index contributed by atoms with van der Waals surface area (Å²) in [4.78, 5) is 10.8. The average Bonchev–Trinajstić information content (AvgIpc) is 2.60. The van der Waals surface area contributed by atoms with Crippen LogP contribution in [0.4, 0.5) is 8.78 Å². The van der Waals surface area contributed by atoms with Crippen LogP contribution < -0.4 is 0 Å². The van der Waals surface area contributed by atoms with Crippen LogP contribution in [0.1, 0.15) is 22.3 Å². The van der Waals surface area contributed by atoms with Crippen LogP contribution in [0.2, 0.25) is 0 Å². The van der Waals surface area contributed by atoms with E-state index >= 15 is 0 Å². The van der Waals surface area contributed by atoms with E-state index in [-0.39, 0.29) is 22.1 Å². The highest BCUT2D eigenvalue weighted by atomic mass is 19.3. The first kappa shape index (κ1) is 9.64. The van der Waals surface area contributed by atoms with Crippen LogP contribution in [0.15, 0.2) is 28.9 Å². The van der Waals surface area contributed by atoms with Gasteiger partial charge < -0.3 is 9.52 Å². The summed E-state index contributed by atoms with van der Waals surface area (Å²) in [5.41, 5.74) is -0.398. The predicted octanol–water partition coefficient (Wildman–Crippen LogP) is 3.07. The molecule has 0 unspecified atom stereocenters. The largest absolute Gasteiger partial charge is 0.478 e. The summed E-state index contributed by atoms with van der Waals surface area (Å²) in [6.07, 6.45) is -1.85. The Kier molecular flexibility index (Phi) is 2.15. The van der Waals surface area contributed by atoms with E-state index in [0.717, 1.165) is 6.26 Å². The molecule has 1 heterocycles. The van der Waals surface area contributed by atoms with Gasteiger partial charge in [0.15, 0.2) is 0 Å². The maximum absolute atomic E-state index is 12.5. The zero-order valence-electron chi connectivity index (χ0n) is 7.41. The monoisotopic (exact) mass is 212 g/mol. The molecule has 1 aromatic carbocycles. The van der Waals surface area contributed by atoms with Gasteiger partial charge in [-0.15, -0.1) is 0 Å². The second-order valence-electron chi connectivity index (χ2n) is 2.98. The molecule has 0 saturated carbocycles. The summed E-state index contributed by atoms with van der Waals surface area (Å²) >= 11 is 0. The van der Waals surface area contributed by atoms with Gasteiger partial charge in [0.05, 0.1) is 11.1 Å². The molecule has 2 rings (SSSR count). The molecule has 3 nitrogen and oxygen atoms in total. The molecular formula is C10H6F2O3. The number of hydrogen-bond donors (Lipinski definition) is 1. The van der Waals surface area contributed by atoms with Crippen molar-refractivity contribution in [2.24, 2.45) is 0 Å². The fourth-order valence-electron chi connectivity index (χ4n) is 1.45. The molecule has 78 valence electrons. The molecule has 2 aromatic rings. The number of halogens is 2. The van der Waals surface area contributed by atoms with Crippen LogP contribution >= 0.6 is 0 Å². The van der Waals surface area contributed by atoms with Crippen molar-refractivity contribution >= 4 is 16.9 Å². The van der Waals surface area contributed by atoms with E-state index in [1.165, 1.54) is 18.2 Å². The molecule has 1 N–H and O–H groups in total. The van der Waals surface area contributed by atoms with Gasteiger partial charge in [-0.1, -0.05) is 6.07 Å². The van der Waals surface area contributed by atoms with E-state index in [1.54, 1.807) is 0 Å². The fraction of sp³-hybridized carbons (Fsp3) is 0.100. The Morgan fingerprint density at radius 3 is 2.73 bits per heavy atom. The summed E-state index contributed by atoms with van der Waals surface area (Å²) in [5, 5.41) is 8.79. The van der Waals surface area contributed by atoms with E-state index in [1.807, 2.05) is 0 Å². The number of alkyl halides is 2. The molecule has 0 aliphatic heterocycles. The zero-order chi connectivity index (χ0) is 11.0. The van der Waals surface area contributed by atoms with Gasteiger partial charge in [0, 0.05) is 5.39 Å². The van der Waals surface area contributed by atoms with Crippen LogP contribution in [0.3, 0.4) is 0 Å². The number of rotatable bonds is 2. The summed E-state index contributed by atoms with van der Waals surface area (Å²) in [6, 6.07) is 4.17. The lowest BCUT2D eigenvalue weighted by atomic mass is 10.1. The number of hydrogen-bond acceptors (Lipinski definition) is 2. The number of aromatic carboxylic acids is 1. The number of carbonyl (C=O) groups is 1. The lowest BCUT2D eigenvalue weighted by molar-refractivity contribution is 0.0699. The summed E-state index contributed by atoms with van der Waals surface area (Å²) < 4.78 is 29.9. The third kappa shape index (κ3) is 1.45. The van der Waals surface area contributed by atoms with Crippen LogP contribution in [-0.4, -0.2) is 11.1 Å². The standard InChI is InChI=1S/C10H6F2O3/c11-9(12)6-4-15-7-3-1-2-5(8(6)7)10(13)14/h1-4,9H,(H,13,14). The number of furan rings is 1. The minimum absolute atomic E-state index is 0.0278. The Bertz CT molecular complexity index is 516. The quantitative estimate of drug-likeness (QED) is 0.832. The topological polar surface area (TPSA) is 50.4 Å². The van der Waals surface area contributed by atoms with Gasteiger partial charge in [0.1, 0.15) is 11.8 Å². The Labute approximate surface area is 82.9 Å². The van der Waals surface area contributed by atoms with E-state index in [0.29, 0.717) is 0 Å². The molecule has 0 spiro atoms. The molecule has 0 radical (unpaired) electrons. The van der Waals surface area contributed by atoms with Crippen LogP contribution in [0.5, 0.6) is 0 Å². The van der Waals surface area contributed by atoms with Crippen molar-refractivity contribution in [2.45, 2.75) is 6.43 Å². The minimum atomic E-state index is -2.74. The molecule has 1 aromatic heterocycles. The SMILES string of the molecule is O=C(O)c1cccc2occ(C(F)F)c12. The molecule has 0 fully saturated rings. The first-order valence-electron chi connectivity index (χ1n) is 4.13. The number of carboxylic acids is 1. The molecule has 0 bridgehead atoms. The van der Waals surface area contributed by atoms with Gasteiger partial charge in [-0.2, -0.15) is 0 Å². The molecule has 0 atom stereocenters. The Morgan fingerprint density at radius 1 is 1.40 bits per heavy atom. The molecular weight excluding hydrogens is 206 g/mol. The van der Waals surface area contributed by atoms with Crippen molar-refractivity contribution in [3.05, 3.63) is 35.6 Å². The summed E-state index contributed by atoms with van der Waals surface area (Å²) in [6.45, 7) is 0. The van der Waals surface area contributed by atoms with Gasteiger partial charge >= 0.3 is 5.97 Å². The second kappa shape index (κ2) is 3.34. The maximum Gasteiger partial charge on any atom is 0.336 e. The molecule has 0 amide bonds. The van der Waals surface area contributed by atoms with E-state index < -0.39 is 12.4 Å². The number of carboxylic acid groups (broad SMARTS) is 1. The van der Waals surface area contributed by atoms with Crippen LogP contribution in [-0.2, 0) is 0 Å². The summed E-state index contributed by atoms with van der Waals surface area (Å²) in [5.74, 6) is -1.25. The van der Waals surface area contributed by atoms with Gasteiger partial charge in [-0.25, -0.2) is 13.6 Å². The van der Waals surface area contributed by atoms with E-state index in [4.69, 9.17) is 9.52 Å². The van der Waals surface area contributed by atoms with Crippen molar-refractivity contribution in [3.63, 3.8) is 0 Å². The number of fused-ring (bicyclic) bond motifs is 1. The fourth-order valence-corrected chi connectivity index (χ4v) is 1.45. The third-order valence-corrected chi connectivity index (χ3v) is 2.09. The molecule has 15 heavy (non-hydrogen) atoms. The Balaban J connectivity index is 2.80. The molecule has 0 aliphatic rings. The molecule has 5 heteroatoms.